The van der Waals surface area contributed by atoms with Crippen LogP contribution >= 0.6 is 0 Å². The van der Waals surface area contributed by atoms with Crippen LogP contribution in [0.5, 0.6) is 0 Å². The summed E-state index contributed by atoms with van der Waals surface area (Å²) in [5.74, 6) is 0.300. The molecule has 3 nitrogen and oxygen atoms in total. The van der Waals surface area contributed by atoms with Crippen LogP contribution in [0.2, 0.25) is 0 Å². The molecule has 1 heterocycles. The molecule has 1 rings (SSSR count). The second-order valence-corrected chi connectivity index (χ2v) is 3.70. The predicted octanol–water partition coefficient (Wildman–Crippen LogP) is 1.36. The van der Waals surface area contributed by atoms with Gasteiger partial charge in [0.15, 0.2) is 0 Å². The third-order valence-electron chi connectivity index (χ3n) is 2.27. The minimum Gasteiger partial charge on any atom is -0.396 e. The Kier molecular flexibility index (Phi) is 4.56. The highest BCUT2D eigenvalue weighted by molar-refractivity contribution is 5.12. The summed E-state index contributed by atoms with van der Waals surface area (Å²) in [6.07, 6.45) is 3.63. The summed E-state index contributed by atoms with van der Waals surface area (Å²) in [6, 6.07) is 4.27. The molecule has 0 aliphatic rings. The van der Waals surface area contributed by atoms with Gasteiger partial charge in [-0.25, -0.2) is 0 Å². The zero-order valence-electron chi connectivity index (χ0n) is 8.77. The van der Waals surface area contributed by atoms with Crippen LogP contribution in [0.3, 0.4) is 0 Å². The van der Waals surface area contributed by atoms with E-state index in [4.69, 9.17) is 5.11 Å². The van der Waals surface area contributed by atoms with E-state index in [0.717, 1.165) is 6.54 Å². The summed E-state index contributed by atoms with van der Waals surface area (Å²) in [6.45, 7) is 5.17. The number of aliphatic hydroxyl groups excluding tert-OH is 1. The molecule has 1 aromatic rings. The molecule has 0 aromatic carbocycles. The van der Waals surface area contributed by atoms with Crippen molar-refractivity contribution in [3.8, 4) is 0 Å². The zero-order valence-corrected chi connectivity index (χ0v) is 8.77. The maximum absolute atomic E-state index is 8.87. The fourth-order valence-corrected chi connectivity index (χ4v) is 1.19. The van der Waals surface area contributed by atoms with Crippen LogP contribution in [-0.2, 0) is 0 Å². The smallest absolute Gasteiger partial charge is 0.0468 e. The monoisotopic (exact) mass is 194 g/mol. The summed E-state index contributed by atoms with van der Waals surface area (Å²) in [7, 11) is 0. The van der Waals surface area contributed by atoms with Gasteiger partial charge in [-0.3, -0.25) is 4.98 Å². The van der Waals surface area contributed by atoms with Gasteiger partial charge < -0.3 is 10.4 Å². The second kappa shape index (κ2) is 5.73. The minimum atomic E-state index is 0.229. The minimum absolute atomic E-state index is 0.229. The van der Waals surface area contributed by atoms with Crippen molar-refractivity contribution in [3.63, 3.8) is 0 Å². The van der Waals surface area contributed by atoms with Gasteiger partial charge in [-0.05, 0) is 24.5 Å². The number of rotatable bonds is 5. The number of aliphatic hydroxyl groups is 1. The molecular formula is C11H18N2O. The van der Waals surface area contributed by atoms with E-state index in [2.05, 4.69) is 17.2 Å². The van der Waals surface area contributed by atoms with Gasteiger partial charge in [0, 0.05) is 31.6 Å². The highest BCUT2D eigenvalue weighted by Crippen LogP contribution is 2.09. The Morgan fingerprint density at radius 2 is 2.29 bits per heavy atom. The standard InChI is InChI=1S/C11H18N2O/c1-9(8-14)6-13-10(2)11-4-3-5-12-7-11/h3-5,7,9-10,13-14H,6,8H2,1-2H3/t9?,10-/m1/s1. The summed E-state index contributed by atoms with van der Waals surface area (Å²) < 4.78 is 0. The highest BCUT2D eigenvalue weighted by Gasteiger charge is 2.06. The zero-order chi connectivity index (χ0) is 10.4. The van der Waals surface area contributed by atoms with Gasteiger partial charge in [0.2, 0.25) is 0 Å². The van der Waals surface area contributed by atoms with Gasteiger partial charge in [0.1, 0.15) is 0 Å². The maximum Gasteiger partial charge on any atom is 0.0468 e. The van der Waals surface area contributed by atoms with E-state index >= 15 is 0 Å². The third-order valence-corrected chi connectivity index (χ3v) is 2.27. The largest absolute Gasteiger partial charge is 0.396 e. The molecule has 1 aromatic heterocycles. The van der Waals surface area contributed by atoms with Gasteiger partial charge in [-0.15, -0.1) is 0 Å². The van der Waals surface area contributed by atoms with Crippen molar-refractivity contribution in [1.82, 2.24) is 10.3 Å². The molecule has 0 aliphatic heterocycles. The molecule has 0 bridgehead atoms. The Labute approximate surface area is 85.2 Å². The summed E-state index contributed by atoms with van der Waals surface area (Å²) in [5, 5.41) is 12.2. The van der Waals surface area contributed by atoms with Crippen molar-refractivity contribution < 1.29 is 5.11 Å². The lowest BCUT2D eigenvalue weighted by Gasteiger charge is -2.16. The van der Waals surface area contributed by atoms with E-state index in [1.807, 2.05) is 25.3 Å². The van der Waals surface area contributed by atoms with Crippen molar-refractivity contribution in [2.24, 2.45) is 5.92 Å². The molecule has 0 saturated carbocycles. The highest BCUT2D eigenvalue weighted by atomic mass is 16.3. The lowest BCUT2D eigenvalue weighted by molar-refractivity contribution is 0.231. The van der Waals surface area contributed by atoms with Crippen molar-refractivity contribution in [3.05, 3.63) is 30.1 Å². The Bertz CT molecular complexity index is 251. The number of hydrogen-bond acceptors (Lipinski definition) is 3. The first-order valence-corrected chi connectivity index (χ1v) is 4.98. The molecule has 14 heavy (non-hydrogen) atoms. The van der Waals surface area contributed by atoms with Crippen molar-refractivity contribution >= 4 is 0 Å². The molecule has 78 valence electrons. The number of nitrogens with zero attached hydrogens (tertiary/aromatic N) is 1. The van der Waals surface area contributed by atoms with E-state index < -0.39 is 0 Å². The molecule has 0 fully saturated rings. The van der Waals surface area contributed by atoms with E-state index in [-0.39, 0.29) is 12.6 Å². The Morgan fingerprint density at radius 3 is 2.86 bits per heavy atom. The summed E-state index contributed by atoms with van der Waals surface area (Å²) >= 11 is 0. The average Bonchev–Trinajstić information content (AvgIpc) is 2.26. The van der Waals surface area contributed by atoms with Crippen LogP contribution in [0.4, 0.5) is 0 Å². The lowest BCUT2D eigenvalue weighted by atomic mass is 10.1. The van der Waals surface area contributed by atoms with Crippen molar-refractivity contribution in [1.29, 1.82) is 0 Å². The van der Waals surface area contributed by atoms with Crippen LogP contribution < -0.4 is 5.32 Å². The summed E-state index contributed by atoms with van der Waals surface area (Å²) in [4.78, 5) is 4.06. The summed E-state index contributed by atoms with van der Waals surface area (Å²) in [5.41, 5.74) is 1.18. The van der Waals surface area contributed by atoms with Crippen LogP contribution in [0.15, 0.2) is 24.5 Å². The van der Waals surface area contributed by atoms with Gasteiger partial charge in [0.05, 0.1) is 0 Å². The number of aromatic nitrogens is 1. The topological polar surface area (TPSA) is 45.1 Å². The molecule has 1 unspecified atom stereocenters. The average molecular weight is 194 g/mol. The SMILES string of the molecule is CC(CO)CN[C@H](C)c1cccnc1. The van der Waals surface area contributed by atoms with Gasteiger partial charge in [0.25, 0.3) is 0 Å². The van der Waals surface area contributed by atoms with Gasteiger partial charge >= 0.3 is 0 Å². The number of pyridine rings is 1. The quantitative estimate of drug-likeness (QED) is 0.744. The lowest BCUT2D eigenvalue weighted by Crippen LogP contribution is -2.26. The van der Waals surface area contributed by atoms with Crippen LogP contribution in [0.1, 0.15) is 25.5 Å². The van der Waals surface area contributed by atoms with E-state index in [1.54, 1.807) is 6.20 Å². The molecule has 0 aliphatic carbocycles. The second-order valence-electron chi connectivity index (χ2n) is 3.70. The Balaban J connectivity index is 2.39. The maximum atomic E-state index is 8.87. The number of hydrogen-bond donors (Lipinski definition) is 2. The Hall–Kier alpha value is -0.930. The van der Waals surface area contributed by atoms with Crippen LogP contribution in [0, 0.1) is 5.92 Å². The predicted molar refractivity (Wildman–Crippen MR) is 56.9 cm³/mol. The molecular weight excluding hydrogens is 176 g/mol. The fraction of sp³-hybridized carbons (Fsp3) is 0.545. The first kappa shape index (κ1) is 11.1. The molecule has 3 heteroatoms. The normalized spacial score (nSPS) is 15.1. The van der Waals surface area contributed by atoms with Crippen LogP contribution in [-0.4, -0.2) is 23.2 Å². The first-order chi connectivity index (χ1) is 6.74. The van der Waals surface area contributed by atoms with Gasteiger partial charge in [-0.1, -0.05) is 13.0 Å². The van der Waals surface area contributed by atoms with E-state index in [0.29, 0.717) is 5.92 Å². The third kappa shape index (κ3) is 3.44. The van der Waals surface area contributed by atoms with E-state index in [1.165, 1.54) is 5.56 Å². The van der Waals surface area contributed by atoms with Crippen molar-refractivity contribution in [2.75, 3.05) is 13.2 Å². The Morgan fingerprint density at radius 1 is 1.50 bits per heavy atom. The van der Waals surface area contributed by atoms with E-state index in [9.17, 15) is 0 Å². The molecule has 2 N–H and O–H groups in total. The number of nitrogens with one attached hydrogen (secondary N) is 1. The molecule has 0 radical (unpaired) electrons. The van der Waals surface area contributed by atoms with Crippen LogP contribution in [0.25, 0.3) is 0 Å². The van der Waals surface area contributed by atoms with Crippen molar-refractivity contribution in [2.45, 2.75) is 19.9 Å². The molecule has 2 atom stereocenters. The molecule has 0 spiro atoms. The first-order valence-electron chi connectivity index (χ1n) is 4.98. The fourth-order valence-electron chi connectivity index (χ4n) is 1.19. The molecule has 0 amide bonds. The molecule has 0 saturated heterocycles. The van der Waals surface area contributed by atoms with Gasteiger partial charge in [-0.2, -0.15) is 0 Å².